The number of rotatable bonds is 5. The standard InChI is InChI=1S/C20H17NO4S/c1-2-25-19(23)12-18-21(13-16(22)14-8-4-3-5-9-14)20(24)15-10-6-7-11-17(15)26-18/h3-12H,2,13H2,1H3. The fraction of sp³-hybridized carbons (Fsp3) is 0.150. The molecule has 0 saturated carbocycles. The van der Waals surface area contributed by atoms with Crippen LogP contribution in [0.3, 0.4) is 0 Å². The second-order valence-electron chi connectivity index (χ2n) is 5.51. The molecule has 3 rings (SSSR count). The lowest BCUT2D eigenvalue weighted by atomic mass is 10.1. The molecule has 2 aromatic carbocycles. The van der Waals surface area contributed by atoms with Gasteiger partial charge >= 0.3 is 5.97 Å². The van der Waals surface area contributed by atoms with E-state index in [0.29, 0.717) is 16.2 Å². The molecule has 1 aliphatic rings. The summed E-state index contributed by atoms with van der Waals surface area (Å²) in [5.41, 5.74) is 1.03. The molecule has 2 aromatic rings. The van der Waals surface area contributed by atoms with Crippen LogP contribution in [0.4, 0.5) is 0 Å². The third-order valence-corrected chi connectivity index (χ3v) is 4.89. The van der Waals surface area contributed by atoms with Crippen molar-refractivity contribution in [2.24, 2.45) is 0 Å². The van der Waals surface area contributed by atoms with Crippen LogP contribution < -0.4 is 0 Å². The van der Waals surface area contributed by atoms with E-state index in [1.807, 2.05) is 18.2 Å². The van der Waals surface area contributed by atoms with Gasteiger partial charge in [0.2, 0.25) is 0 Å². The maximum atomic E-state index is 12.9. The lowest BCUT2D eigenvalue weighted by molar-refractivity contribution is -0.137. The molecule has 6 heteroatoms. The summed E-state index contributed by atoms with van der Waals surface area (Å²) in [7, 11) is 0. The number of fused-ring (bicyclic) bond motifs is 1. The molecule has 0 spiro atoms. The predicted molar refractivity (Wildman–Crippen MR) is 98.8 cm³/mol. The first-order chi connectivity index (χ1) is 12.6. The first kappa shape index (κ1) is 17.9. The molecule has 0 radical (unpaired) electrons. The highest BCUT2D eigenvalue weighted by Gasteiger charge is 2.31. The Balaban J connectivity index is 1.94. The number of thioether (sulfide) groups is 1. The number of benzene rings is 2. The van der Waals surface area contributed by atoms with Crippen LogP contribution in [0.25, 0.3) is 0 Å². The van der Waals surface area contributed by atoms with E-state index >= 15 is 0 Å². The van der Waals surface area contributed by atoms with E-state index in [1.165, 1.54) is 22.7 Å². The molecule has 5 nitrogen and oxygen atoms in total. The van der Waals surface area contributed by atoms with Crippen LogP contribution >= 0.6 is 11.8 Å². The minimum absolute atomic E-state index is 0.143. The number of hydrogen-bond acceptors (Lipinski definition) is 5. The number of carbonyl (C=O) groups is 3. The Morgan fingerprint density at radius 2 is 1.77 bits per heavy atom. The highest BCUT2D eigenvalue weighted by atomic mass is 32.2. The molecule has 1 heterocycles. The van der Waals surface area contributed by atoms with E-state index in [9.17, 15) is 14.4 Å². The van der Waals surface area contributed by atoms with Gasteiger partial charge in [0.15, 0.2) is 5.78 Å². The van der Waals surface area contributed by atoms with Crippen molar-refractivity contribution in [2.75, 3.05) is 13.2 Å². The Morgan fingerprint density at radius 1 is 1.08 bits per heavy atom. The van der Waals surface area contributed by atoms with E-state index in [0.717, 1.165) is 4.90 Å². The van der Waals surface area contributed by atoms with Crippen LogP contribution in [0.5, 0.6) is 0 Å². The van der Waals surface area contributed by atoms with E-state index in [2.05, 4.69) is 0 Å². The van der Waals surface area contributed by atoms with Gasteiger partial charge in [0.25, 0.3) is 5.91 Å². The molecular formula is C20H17NO4S. The van der Waals surface area contributed by atoms with Crippen molar-refractivity contribution in [3.63, 3.8) is 0 Å². The summed E-state index contributed by atoms with van der Waals surface area (Å²) in [5.74, 6) is -1.05. The zero-order valence-electron chi connectivity index (χ0n) is 14.2. The summed E-state index contributed by atoms with van der Waals surface area (Å²) in [6.07, 6.45) is 1.26. The fourth-order valence-corrected chi connectivity index (χ4v) is 3.60. The van der Waals surface area contributed by atoms with Gasteiger partial charge in [-0.3, -0.25) is 14.5 Å². The Hall–Kier alpha value is -2.86. The average Bonchev–Trinajstić information content (AvgIpc) is 2.65. The quantitative estimate of drug-likeness (QED) is 0.460. The topological polar surface area (TPSA) is 63.7 Å². The molecule has 26 heavy (non-hydrogen) atoms. The van der Waals surface area contributed by atoms with Crippen LogP contribution in [-0.2, 0) is 9.53 Å². The molecule has 0 unspecified atom stereocenters. The van der Waals surface area contributed by atoms with Gasteiger partial charge in [0.05, 0.1) is 29.8 Å². The molecule has 0 atom stereocenters. The van der Waals surface area contributed by atoms with Gasteiger partial charge in [0, 0.05) is 10.5 Å². The van der Waals surface area contributed by atoms with Crippen LogP contribution in [0.15, 0.2) is 70.6 Å². The normalized spacial score (nSPS) is 14.9. The van der Waals surface area contributed by atoms with Gasteiger partial charge in [0.1, 0.15) is 0 Å². The highest BCUT2D eigenvalue weighted by molar-refractivity contribution is 8.03. The first-order valence-corrected chi connectivity index (χ1v) is 8.97. The van der Waals surface area contributed by atoms with Gasteiger partial charge < -0.3 is 4.74 Å². The number of hydrogen-bond donors (Lipinski definition) is 0. The predicted octanol–water partition coefficient (Wildman–Crippen LogP) is 3.52. The van der Waals surface area contributed by atoms with Crippen molar-refractivity contribution in [1.29, 1.82) is 0 Å². The molecule has 132 valence electrons. The third-order valence-electron chi connectivity index (χ3n) is 3.77. The number of ether oxygens (including phenoxy) is 1. The van der Waals surface area contributed by atoms with Crippen molar-refractivity contribution < 1.29 is 19.1 Å². The number of amides is 1. The molecule has 0 aromatic heterocycles. The summed E-state index contributed by atoms with van der Waals surface area (Å²) in [4.78, 5) is 39.5. The van der Waals surface area contributed by atoms with Crippen LogP contribution in [0, 0.1) is 0 Å². The Labute approximate surface area is 155 Å². The SMILES string of the molecule is CCOC(=O)C=C1Sc2ccccc2C(=O)N1CC(=O)c1ccccc1. The van der Waals surface area contributed by atoms with Gasteiger partial charge in [-0.15, -0.1) is 0 Å². The van der Waals surface area contributed by atoms with E-state index in [4.69, 9.17) is 4.74 Å². The minimum Gasteiger partial charge on any atom is -0.463 e. The second-order valence-corrected chi connectivity index (χ2v) is 6.58. The van der Waals surface area contributed by atoms with Gasteiger partial charge in [-0.2, -0.15) is 0 Å². The van der Waals surface area contributed by atoms with E-state index in [1.54, 1.807) is 43.3 Å². The van der Waals surface area contributed by atoms with Crippen LogP contribution in [-0.4, -0.2) is 35.7 Å². The third kappa shape index (κ3) is 3.86. The van der Waals surface area contributed by atoms with Crippen LogP contribution in [0.1, 0.15) is 27.6 Å². The van der Waals surface area contributed by atoms with Crippen molar-refractivity contribution in [1.82, 2.24) is 4.90 Å². The van der Waals surface area contributed by atoms with E-state index in [-0.39, 0.29) is 24.8 Å². The van der Waals surface area contributed by atoms with Crippen LogP contribution in [0.2, 0.25) is 0 Å². The van der Waals surface area contributed by atoms with E-state index < -0.39 is 5.97 Å². The number of nitrogens with zero attached hydrogens (tertiary/aromatic N) is 1. The monoisotopic (exact) mass is 367 g/mol. The van der Waals surface area contributed by atoms with Gasteiger partial charge in [-0.05, 0) is 19.1 Å². The summed E-state index contributed by atoms with van der Waals surface area (Å²) < 4.78 is 4.95. The zero-order chi connectivity index (χ0) is 18.5. The number of Topliss-reactive ketones (excluding diaryl/α,β-unsaturated/α-hetero) is 1. The molecule has 1 amide bonds. The van der Waals surface area contributed by atoms with Crippen molar-refractivity contribution >= 4 is 29.4 Å². The molecule has 0 N–H and O–H groups in total. The maximum absolute atomic E-state index is 12.9. The summed E-state index contributed by atoms with van der Waals surface area (Å²) in [5, 5.41) is 0.386. The molecule has 0 fully saturated rings. The molecule has 1 aliphatic heterocycles. The Morgan fingerprint density at radius 3 is 2.50 bits per heavy atom. The number of carbonyl (C=O) groups excluding carboxylic acids is 3. The molecule has 0 bridgehead atoms. The maximum Gasteiger partial charge on any atom is 0.333 e. The van der Waals surface area contributed by atoms with Crippen molar-refractivity contribution in [3.8, 4) is 0 Å². The summed E-state index contributed by atoms with van der Waals surface area (Å²) >= 11 is 1.27. The number of esters is 1. The summed E-state index contributed by atoms with van der Waals surface area (Å²) in [6, 6.07) is 15.9. The summed E-state index contributed by atoms with van der Waals surface area (Å²) in [6.45, 7) is 1.80. The molecular weight excluding hydrogens is 350 g/mol. The average molecular weight is 367 g/mol. The Bertz CT molecular complexity index is 876. The lowest BCUT2D eigenvalue weighted by Gasteiger charge is -2.29. The van der Waals surface area contributed by atoms with Crippen molar-refractivity contribution in [3.05, 3.63) is 76.8 Å². The smallest absolute Gasteiger partial charge is 0.333 e. The van der Waals surface area contributed by atoms with Crippen molar-refractivity contribution in [2.45, 2.75) is 11.8 Å². The number of ketones is 1. The molecule has 0 aliphatic carbocycles. The lowest BCUT2D eigenvalue weighted by Crippen LogP contribution is -2.37. The largest absolute Gasteiger partial charge is 0.463 e. The van der Waals surface area contributed by atoms with Gasteiger partial charge in [-0.1, -0.05) is 54.2 Å². The second kappa shape index (κ2) is 8.01. The highest BCUT2D eigenvalue weighted by Crippen LogP contribution is 2.38. The first-order valence-electron chi connectivity index (χ1n) is 8.15. The minimum atomic E-state index is -0.542. The fourth-order valence-electron chi connectivity index (χ4n) is 2.55. The zero-order valence-corrected chi connectivity index (χ0v) is 15.0. The van der Waals surface area contributed by atoms with Gasteiger partial charge in [-0.25, -0.2) is 4.79 Å². The Kier molecular flexibility index (Phi) is 5.53. The molecule has 0 saturated heterocycles.